The molecule has 1 aliphatic carbocycles. The van der Waals surface area contributed by atoms with E-state index in [-0.39, 0.29) is 10.7 Å². The van der Waals surface area contributed by atoms with Gasteiger partial charge in [-0.1, -0.05) is 12.2 Å². The number of aryl methyl sites for hydroxylation is 2. The van der Waals surface area contributed by atoms with Crippen molar-refractivity contribution in [1.29, 1.82) is 0 Å². The second-order valence-electron chi connectivity index (χ2n) is 3.36. The lowest BCUT2D eigenvalue weighted by Crippen LogP contribution is -2.10. The van der Waals surface area contributed by atoms with E-state index in [1.165, 1.54) is 11.1 Å². The van der Waals surface area contributed by atoms with Crippen molar-refractivity contribution in [3.63, 3.8) is 0 Å². The molecule has 0 saturated heterocycles. The van der Waals surface area contributed by atoms with Crippen LogP contribution in [0, 0.1) is 0 Å². The van der Waals surface area contributed by atoms with Crippen molar-refractivity contribution >= 4 is 17.2 Å². The molecule has 1 aromatic rings. The number of hydrogen-bond donors (Lipinski definition) is 2. The lowest BCUT2D eigenvalue weighted by molar-refractivity contribution is 0.473. The number of fused-ring (bicyclic) bond motifs is 1. The first-order chi connectivity index (χ1) is 6.18. The fourth-order valence-electron chi connectivity index (χ4n) is 1.81. The predicted octanol–water partition coefficient (Wildman–Crippen LogP) is 1.52. The van der Waals surface area contributed by atoms with Gasteiger partial charge in [0.25, 0.3) is 0 Å². The molecule has 0 spiro atoms. The summed E-state index contributed by atoms with van der Waals surface area (Å²) in [6, 6.07) is 3.71. The minimum Gasteiger partial charge on any atom is -0.507 e. The Hall–Kier alpha value is -1.09. The molecule has 13 heavy (non-hydrogen) atoms. The van der Waals surface area contributed by atoms with E-state index in [2.05, 4.69) is 0 Å². The molecule has 0 aromatic heterocycles. The van der Waals surface area contributed by atoms with Crippen LogP contribution in [-0.2, 0) is 12.8 Å². The summed E-state index contributed by atoms with van der Waals surface area (Å²) in [4.78, 5) is 0.271. The minimum atomic E-state index is 0.216. The van der Waals surface area contributed by atoms with Crippen LogP contribution < -0.4 is 5.73 Å². The standard InChI is InChI=1S/C10H11NOS/c11-10(13)8-4-6-2-1-3-7(6)5-9(8)12/h4-5,12H,1-3H2,(H2,11,13). The molecule has 2 rings (SSSR count). The van der Waals surface area contributed by atoms with Crippen LogP contribution in [0.15, 0.2) is 12.1 Å². The maximum atomic E-state index is 9.58. The van der Waals surface area contributed by atoms with Crippen molar-refractivity contribution < 1.29 is 5.11 Å². The predicted molar refractivity (Wildman–Crippen MR) is 56.0 cm³/mol. The number of hydrogen-bond acceptors (Lipinski definition) is 2. The van der Waals surface area contributed by atoms with Gasteiger partial charge >= 0.3 is 0 Å². The van der Waals surface area contributed by atoms with Crippen LogP contribution in [0.1, 0.15) is 23.1 Å². The smallest absolute Gasteiger partial charge is 0.126 e. The highest BCUT2D eigenvalue weighted by Crippen LogP contribution is 2.28. The van der Waals surface area contributed by atoms with Crippen molar-refractivity contribution in [2.45, 2.75) is 19.3 Å². The highest BCUT2D eigenvalue weighted by molar-refractivity contribution is 7.80. The summed E-state index contributed by atoms with van der Waals surface area (Å²) >= 11 is 4.84. The van der Waals surface area contributed by atoms with Gasteiger partial charge in [0.2, 0.25) is 0 Å². The largest absolute Gasteiger partial charge is 0.507 e. The monoisotopic (exact) mass is 193 g/mol. The maximum Gasteiger partial charge on any atom is 0.126 e. The zero-order valence-corrected chi connectivity index (χ0v) is 8.03. The number of phenolic OH excluding ortho intramolecular Hbond substituents is 1. The van der Waals surface area contributed by atoms with Gasteiger partial charge in [-0.3, -0.25) is 0 Å². The van der Waals surface area contributed by atoms with Gasteiger partial charge in [-0.25, -0.2) is 0 Å². The van der Waals surface area contributed by atoms with Gasteiger partial charge in [0, 0.05) is 0 Å². The number of nitrogens with two attached hydrogens (primary N) is 1. The third-order valence-corrected chi connectivity index (χ3v) is 2.70. The van der Waals surface area contributed by atoms with Crippen molar-refractivity contribution in [1.82, 2.24) is 0 Å². The molecule has 0 amide bonds. The Balaban J connectivity index is 2.55. The highest BCUT2D eigenvalue weighted by atomic mass is 32.1. The van der Waals surface area contributed by atoms with Crippen LogP contribution in [0.4, 0.5) is 0 Å². The van der Waals surface area contributed by atoms with E-state index in [4.69, 9.17) is 18.0 Å². The molecular weight excluding hydrogens is 182 g/mol. The van der Waals surface area contributed by atoms with Crippen LogP contribution in [0.2, 0.25) is 0 Å². The minimum absolute atomic E-state index is 0.216. The SMILES string of the molecule is NC(=S)c1cc2c(cc1O)CCC2. The molecule has 0 unspecified atom stereocenters. The number of thiocarbonyl (C=S) groups is 1. The van der Waals surface area contributed by atoms with Crippen molar-refractivity contribution in [2.24, 2.45) is 5.73 Å². The molecule has 0 atom stereocenters. The summed E-state index contributed by atoms with van der Waals surface area (Å²) in [5.41, 5.74) is 8.60. The molecule has 0 bridgehead atoms. The van der Waals surface area contributed by atoms with Crippen LogP contribution in [0.5, 0.6) is 5.75 Å². The first-order valence-electron chi connectivity index (χ1n) is 4.33. The molecule has 0 aliphatic heterocycles. The molecular formula is C10H11NOS. The van der Waals surface area contributed by atoms with Gasteiger partial charge in [0.05, 0.1) is 5.56 Å². The Morgan fingerprint density at radius 1 is 1.31 bits per heavy atom. The van der Waals surface area contributed by atoms with Gasteiger partial charge in [-0.2, -0.15) is 0 Å². The molecule has 3 N–H and O–H groups in total. The molecule has 0 radical (unpaired) electrons. The number of phenols is 1. The Labute approximate surface area is 82.4 Å². The molecule has 0 heterocycles. The Morgan fingerprint density at radius 2 is 1.92 bits per heavy atom. The first kappa shape index (κ1) is 8.51. The van der Waals surface area contributed by atoms with Gasteiger partial charge in [0.1, 0.15) is 10.7 Å². The molecule has 0 fully saturated rings. The van der Waals surface area contributed by atoms with Crippen LogP contribution in [0.25, 0.3) is 0 Å². The van der Waals surface area contributed by atoms with Crippen molar-refractivity contribution in [2.75, 3.05) is 0 Å². The van der Waals surface area contributed by atoms with Gasteiger partial charge in [0.15, 0.2) is 0 Å². The summed E-state index contributed by atoms with van der Waals surface area (Å²) in [6.07, 6.45) is 3.29. The summed E-state index contributed by atoms with van der Waals surface area (Å²) in [5.74, 6) is 0.216. The lowest BCUT2D eigenvalue weighted by atomic mass is 10.1. The lowest BCUT2D eigenvalue weighted by Gasteiger charge is -2.05. The molecule has 1 aromatic carbocycles. The summed E-state index contributed by atoms with van der Waals surface area (Å²) < 4.78 is 0. The van der Waals surface area contributed by atoms with Crippen molar-refractivity contribution in [3.8, 4) is 5.75 Å². The summed E-state index contributed by atoms with van der Waals surface area (Å²) in [5, 5.41) is 9.58. The number of benzene rings is 1. The Bertz CT molecular complexity index is 373. The van der Waals surface area contributed by atoms with Gasteiger partial charge in [-0.15, -0.1) is 0 Å². The van der Waals surface area contributed by atoms with Gasteiger partial charge < -0.3 is 10.8 Å². The number of aromatic hydroxyl groups is 1. The average molecular weight is 193 g/mol. The maximum absolute atomic E-state index is 9.58. The zero-order valence-electron chi connectivity index (χ0n) is 7.21. The Morgan fingerprint density at radius 3 is 2.54 bits per heavy atom. The summed E-state index contributed by atoms with van der Waals surface area (Å²) in [6.45, 7) is 0. The summed E-state index contributed by atoms with van der Waals surface area (Å²) in [7, 11) is 0. The van der Waals surface area contributed by atoms with E-state index >= 15 is 0 Å². The van der Waals surface area contributed by atoms with E-state index in [1.807, 2.05) is 6.07 Å². The third-order valence-electron chi connectivity index (χ3n) is 2.48. The molecule has 0 saturated carbocycles. The Kier molecular flexibility index (Phi) is 1.96. The van der Waals surface area contributed by atoms with E-state index in [9.17, 15) is 5.11 Å². The highest BCUT2D eigenvalue weighted by Gasteiger charge is 2.15. The van der Waals surface area contributed by atoms with E-state index in [0.717, 1.165) is 19.3 Å². The topological polar surface area (TPSA) is 46.2 Å². The van der Waals surface area contributed by atoms with Crippen LogP contribution in [0.3, 0.4) is 0 Å². The fraction of sp³-hybridized carbons (Fsp3) is 0.300. The fourth-order valence-corrected chi connectivity index (χ4v) is 1.97. The molecule has 68 valence electrons. The number of rotatable bonds is 1. The molecule has 2 nitrogen and oxygen atoms in total. The zero-order chi connectivity index (χ0) is 9.42. The third kappa shape index (κ3) is 1.40. The van der Waals surface area contributed by atoms with E-state index in [1.54, 1.807) is 6.07 Å². The molecule has 3 heteroatoms. The van der Waals surface area contributed by atoms with Crippen LogP contribution in [-0.4, -0.2) is 10.1 Å². The van der Waals surface area contributed by atoms with Crippen molar-refractivity contribution in [3.05, 3.63) is 28.8 Å². The second kappa shape index (κ2) is 3.00. The van der Waals surface area contributed by atoms with E-state index in [0.29, 0.717) is 5.56 Å². The van der Waals surface area contributed by atoms with Gasteiger partial charge in [-0.05, 0) is 42.5 Å². The van der Waals surface area contributed by atoms with E-state index < -0.39 is 0 Å². The van der Waals surface area contributed by atoms with Crippen LogP contribution >= 0.6 is 12.2 Å². The first-order valence-corrected chi connectivity index (χ1v) is 4.74. The molecule has 1 aliphatic rings. The quantitative estimate of drug-likeness (QED) is 0.665. The second-order valence-corrected chi connectivity index (χ2v) is 3.80. The normalized spacial score (nSPS) is 14.2. The average Bonchev–Trinajstić information content (AvgIpc) is 2.48.